The highest BCUT2D eigenvalue weighted by atomic mass is 31.1. The predicted octanol–water partition coefficient (Wildman–Crippen LogP) is 1.74. The fourth-order valence-corrected chi connectivity index (χ4v) is 2.47. The average molecular weight is 220 g/mol. The normalized spacial score (nSPS) is 12.6. The van der Waals surface area contributed by atoms with Gasteiger partial charge in [0.25, 0.3) is 0 Å². The second-order valence-electron chi connectivity index (χ2n) is 3.17. The van der Waals surface area contributed by atoms with Gasteiger partial charge < -0.3 is 4.89 Å². The van der Waals surface area contributed by atoms with Crippen LogP contribution in [-0.4, -0.2) is 11.2 Å². The molecule has 1 atom stereocenters. The van der Waals surface area contributed by atoms with E-state index in [9.17, 15) is 14.3 Å². The van der Waals surface area contributed by atoms with Crippen molar-refractivity contribution in [3.63, 3.8) is 0 Å². The summed E-state index contributed by atoms with van der Waals surface area (Å²) in [7, 11) is -2.86. The van der Waals surface area contributed by atoms with E-state index in [1.54, 1.807) is 24.3 Å². The summed E-state index contributed by atoms with van der Waals surface area (Å²) in [6, 6.07) is 10.6. The third kappa shape index (κ3) is 1.72. The number of hydrogen-bond donors (Lipinski definition) is 1. The van der Waals surface area contributed by atoms with E-state index >= 15 is 0 Å². The molecule has 0 radical (unpaired) electrons. The Kier molecular flexibility index (Phi) is 2.67. The molecule has 15 heavy (non-hydrogen) atoms. The lowest BCUT2D eigenvalue weighted by Crippen LogP contribution is -2.06. The second kappa shape index (κ2) is 3.97. The van der Waals surface area contributed by atoms with E-state index < -0.39 is 8.03 Å². The minimum atomic E-state index is -2.86. The summed E-state index contributed by atoms with van der Waals surface area (Å²) >= 11 is 0. The minimum absolute atomic E-state index is 0.258. The zero-order valence-electron chi connectivity index (χ0n) is 7.81. The monoisotopic (exact) mass is 220 g/mol. The Morgan fingerprint density at radius 3 is 2.53 bits per heavy atom. The van der Waals surface area contributed by atoms with Crippen molar-refractivity contribution in [2.75, 3.05) is 0 Å². The lowest BCUT2D eigenvalue weighted by molar-refractivity contribution is 0.112. The zero-order chi connectivity index (χ0) is 10.8. The fraction of sp³-hybridized carbons (Fsp3) is 0. The van der Waals surface area contributed by atoms with E-state index in [-0.39, 0.29) is 5.30 Å². The van der Waals surface area contributed by atoms with Crippen molar-refractivity contribution < 1.29 is 14.3 Å². The standard InChI is InChI=1S/C11H9O3P/c12-7-9-6-5-8-3-1-2-4-10(8)11(9)15(13)14/h1-7,15H,(H,13,14). The van der Waals surface area contributed by atoms with Crippen LogP contribution in [0.2, 0.25) is 0 Å². The molecule has 1 unspecified atom stereocenters. The molecular formula is C11H9O3P. The van der Waals surface area contributed by atoms with Crippen LogP contribution in [0.4, 0.5) is 0 Å². The van der Waals surface area contributed by atoms with Gasteiger partial charge in [-0.2, -0.15) is 0 Å². The van der Waals surface area contributed by atoms with E-state index in [0.717, 1.165) is 5.39 Å². The Bertz CT molecular complexity index is 549. The van der Waals surface area contributed by atoms with Crippen LogP contribution in [0.5, 0.6) is 0 Å². The highest BCUT2D eigenvalue weighted by molar-refractivity contribution is 7.48. The summed E-state index contributed by atoms with van der Waals surface area (Å²) < 4.78 is 11.2. The van der Waals surface area contributed by atoms with E-state index in [0.29, 0.717) is 17.2 Å². The molecule has 2 aromatic carbocycles. The minimum Gasteiger partial charge on any atom is -0.343 e. The van der Waals surface area contributed by atoms with Crippen molar-refractivity contribution in [1.82, 2.24) is 0 Å². The topological polar surface area (TPSA) is 54.4 Å². The van der Waals surface area contributed by atoms with Gasteiger partial charge in [0.15, 0.2) is 6.29 Å². The summed E-state index contributed by atoms with van der Waals surface area (Å²) in [6.45, 7) is 0. The molecule has 3 nitrogen and oxygen atoms in total. The first-order valence-electron chi connectivity index (χ1n) is 4.44. The van der Waals surface area contributed by atoms with Crippen molar-refractivity contribution in [2.45, 2.75) is 0 Å². The summed E-state index contributed by atoms with van der Waals surface area (Å²) in [5.41, 5.74) is 0.292. The molecule has 0 spiro atoms. The molecule has 0 aliphatic heterocycles. The van der Waals surface area contributed by atoms with Gasteiger partial charge in [-0.3, -0.25) is 9.36 Å². The molecule has 4 heteroatoms. The molecule has 0 saturated heterocycles. The Morgan fingerprint density at radius 1 is 1.13 bits per heavy atom. The molecule has 0 heterocycles. The lowest BCUT2D eigenvalue weighted by Gasteiger charge is -2.05. The van der Waals surface area contributed by atoms with Crippen molar-refractivity contribution in [1.29, 1.82) is 0 Å². The first-order valence-corrected chi connectivity index (χ1v) is 5.80. The maximum atomic E-state index is 11.2. The van der Waals surface area contributed by atoms with Gasteiger partial charge in [-0.25, -0.2) is 0 Å². The SMILES string of the molecule is O=Cc1ccc2ccccc2c1[PH](=O)O. The summed E-state index contributed by atoms with van der Waals surface area (Å²) in [5.74, 6) is 0. The predicted molar refractivity (Wildman–Crippen MR) is 60.2 cm³/mol. The van der Waals surface area contributed by atoms with Crippen LogP contribution in [0.15, 0.2) is 36.4 Å². The molecule has 76 valence electrons. The van der Waals surface area contributed by atoms with Crippen LogP contribution in [0.3, 0.4) is 0 Å². The molecule has 0 aliphatic rings. The smallest absolute Gasteiger partial charge is 0.219 e. The van der Waals surface area contributed by atoms with Gasteiger partial charge in [0.05, 0.1) is 5.30 Å². The number of hydrogen-bond acceptors (Lipinski definition) is 2. The van der Waals surface area contributed by atoms with Crippen LogP contribution < -0.4 is 5.30 Å². The molecule has 0 aliphatic carbocycles. The van der Waals surface area contributed by atoms with Gasteiger partial charge >= 0.3 is 0 Å². The molecular weight excluding hydrogens is 211 g/mol. The summed E-state index contributed by atoms with van der Waals surface area (Å²) in [4.78, 5) is 20.0. The molecule has 0 aromatic heterocycles. The summed E-state index contributed by atoms with van der Waals surface area (Å²) in [6.07, 6.45) is 0.612. The van der Waals surface area contributed by atoms with Crippen molar-refractivity contribution in [3.8, 4) is 0 Å². The molecule has 0 fully saturated rings. The van der Waals surface area contributed by atoms with Gasteiger partial charge in [0.1, 0.15) is 0 Å². The van der Waals surface area contributed by atoms with Crippen LogP contribution in [0.25, 0.3) is 10.8 Å². The average Bonchev–Trinajstić information content (AvgIpc) is 2.27. The number of carbonyl (C=O) groups is 1. The van der Waals surface area contributed by atoms with E-state index in [1.165, 1.54) is 0 Å². The number of rotatable bonds is 2. The van der Waals surface area contributed by atoms with Crippen LogP contribution in [0.1, 0.15) is 10.4 Å². The lowest BCUT2D eigenvalue weighted by atomic mass is 10.1. The van der Waals surface area contributed by atoms with Crippen LogP contribution in [0, 0.1) is 0 Å². The Morgan fingerprint density at radius 2 is 1.87 bits per heavy atom. The third-order valence-electron chi connectivity index (χ3n) is 2.30. The molecule has 0 bridgehead atoms. The highest BCUT2D eigenvalue weighted by Crippen LogP contribution is 2.23. The number of fused-ring (bicyclic) bond motifs is 1. The number of benzene rings is 2. The first-order chi connectivity index (χ1) is 7.24. The Labute approximate surface area is 87.2 Å². The Hall–Kier alpha value is -1.44. The maximum absolute atomic E-state index is 11.2. The summed E-state index contributed by atoms with van der Waals surface area (Å²) in [5, 5.41) is 1.80. The van der Waals surface area contributed by atoms with Crippen molar-refractivity contribution >= 4 is 30.4 Å². The number of aldehydes is 1. The largest absolute Gasteiger partial charge is 0.343 e. The van der Waals surface area contributed by atoms with Crippen LogP contribution in [-0.2, 0) is 4.57 Å². The fourth-order valence-electron chi connectivity index (χ4n) is 1.63. The van der Waals surface area contributed by atoms with Gasteiger partial charge in [-0.05, 0) is 10.8 Å². The Balaban J connectivity index is 2.90. The van der Waals surface area contributed by atoms with Crippen molar-refractivity contribution in [3.05, 3.63) is 42.0 Å². The van der Waals surface area contributed by atoms with E-state index in [4.69, 9.17) is 0 Å². The van der Waals surface area contributed by atoms with Gasteiger partial charge in [-0.1, -0.05) is 36.4 Å². The maximum Gasteiger partial charge on any atom is 0.219 e. The quantitative estimate of drug-likeness (QED) is 0.619. The molecule has 1 N–H and O–H groups in total. The molecule has 0 saturated carbocycles. The van der Waals surface area contributed by atoms with Gasteiger partial charge in [-0.15, -0.1) is 0 Å². The zero-order valence-corrected chi connectivity index (χ0v) is 8.81. The molecule has 0 amide bonds. The van der Waals surface area contributed by atoms with E-state index in [2.05, 4.69) is 0 Å². The van der Waals surface area contributed by atoms with Crippen LogP contribution >= 0.6 is 8.03 Å². The third-order valence-corrected chi connectivity index (χ3v) is 3.29. The van der Waals surface area contributed by atoms with Crippen molar-refractivity contribution in [2.24, 2.45) is 0 Å². The van der Waals surface area contributed by atoms with E-state index in [1.807, 2.05) is 12.1 Å². The number of carbonyl (C=O) groups excluding carboxylic acids is 1. The van der Waals surface area contributed by atoms with Gasteiger partial charge in [0, 0.05) is 5.56 Å². The molecule has 2 aromatic rings. The highest BCUT2D eigenvalue weighted by Gasteiger charge is 2.10. The first kappa shape index (κ1) is 10.1. The second-order valence-corrected chi connectivity index (χ2v) is 4.28. The molecule has 2 rings (SSSR count). The van der Waals surface area contributed by atoms with Gasteiger partial charge in [0.2, 0.25) is 8.03 Å².